The number of halogens is 1. The number of alkyl halides is 1. The van der Waals surface area contributed by atoms with E-state index in [1.54, 1.807) is 6.20 Å². The van der Waals surface area contributed by atoms with Gasteiger partial charge in [-0.05, 0) is 6.42 Å². The van der Waals surface area contributed by atoms with Crippen LogP contribution in [0.5, 0.6) is 0 Å². The Labute approximate surface area is 101 Å². The molecular weight excluding hydrogens is 250 g/mol. The monoisotopic (exact) mass is 265 g/mol. The van der Waals surface area contributed by atoms with Crippen LogP contribution in [0.1, 0.15) is 12.2 Å². The van der Waals surface area contributed by atoms with Gasteiger partial charge in [0.2, 0.25) is 10.0 Å². The van der Waals surface area contributed by atoms with Crippen LogP contribution in [-0.2, 0) is 23.5 Å². The molecule has 0 atom stereocenters. The fraction of sp³-hybridized carbons (Fsp3) is 0.667. The Balaban J connectivity index is 2.33. The first kappa shape index (κ1) is 13.5. The van der Waals surface area contributed by atoms with E-state index in [2.05, 4.69) is 9.71 Å². The number of hydrogen-bond acceptors (Lipinski definition) is 3. The Morgan fingerprint density at radius 3 is 2.88 bits per heavy atom. The highest BCUT2D eigenvalue weighted by Crippen LogP contribution is 1.96. The zero-order chi connectivity index (χ0) is 12.0. The smallest absolute Gasteiger partial charge is 0.211 e. The van der Waals surface area contributed by atoms with Crippen molar-refractivity contribution >= 4 is 21.6 Å². The third-order valence-corrected chi connectivity index (χ3v) is 3.88. The zero-order valence-corrected chi connectivity index (χ0v) is 10.8. The maximum Gasteiger partial charge on any atom is 0.211 e. The lowest BCUT2D eigenvalue weighted by molar-refractivity contribution is 0.579. The molecule has 5 nitrogen and oxygen atoms in total. The van der Waals surface area contributed by atoms with Crippen LogP contribution in [0.4, 0.5) is 0 Å². The van der Waals surface area contributed by atoms with Crippen molar-refractivity contribution in [1.82, 2.24) is 14.3 Å². The SMILES string of the molecule is Cn1ccnc1CCNS(=O)(=O)CCCCl. The Morgan fingerprint density at radius 2 is 2.31 bits per heavy atom. The number of aromatic nitrogens is 2. The van der Waals surface area contributed by atoms with E-state index in [1.807, 2.05) is 17.8 Å². The highest BCUT2D eigenvalue weighted by molar-refractivity contribution is 7.89. The molecular formula is C9H16ClN3O2S. The van der Waals surface area contributed by atoms with Gasteiger partial charge in [-0.1, -0.05) is 0 Å². The van der Waals surface area contributed by atoms with Crippen LogP contribution in [0, 0.1) is 0 Å². The zero-order valence-electron chi connectivity index (χ0n) is 9.19. The van der Waals surface area contributed by atoms with Gasteiger partial charge in [0.25, 0.3) is 0 Å². The van der Waals surface area contributed by atoms with E-state index in [0.717, 1.165) is 5.82 Å². The molecule has 0 aliphatic carbocycles. The van der Waals surface area contributed by atoms with Gasteiger partial charge in [0, 0.05) is 38.3 Å². The predicted octanol–water partition coefficient (Wildman–Crippen LogP) is 0.511. The average Bonchev–Trinajstić information content (AvgIpc) is 2.62. The molecule has 0 amide bonds. The quantitative estimate of drug-likeness (QED) is 0.731. The number of nitrogens with one attached hydrogen (secondary N) is 1. The van der Waals surface area contributed by atoms with Gasteiger partial charge in [0.15, 0.2) is 0 Å². The van der Waals surface area contributed by atoms with Gasteiger partial charge < -0.3 is 4.57 Å². The average molecular weight is 266 g/mol. The molecule has 0 aliphatic rings. The van der Waals surface area contributed by atoms with Gasteiger partial charge in [-0.25, -0.2) is 18.1 Å². The second kappa shape index (κ2) is 6.22. The molecule has 0 unspecified atom stereocenters. The molecule has 0 radical (unpaired) electrons. The molecule has 7 heteroatoms. The molecule has 0 bridgehead atoms. The standard InChI is InChI=1S/C9H16ClN3O2S/c1-13-7-6-11-9(13)3-5-12-16(14,15)8-2-4-10/h6-7,12H,2-5,8H2,1H3. The van der Waals surface area contributed by atoms with Crippen molar-refractivity contribution in [2.45, 2.75) is 12.8 Å². The van der Waals surface area contributed by atoms with E-state index in [-0.39, 0.29) is 5.75 Å². The molecule has 0 aliphatic heterocycles. The molecule has 0 saturated heterocycles. The maximum atomic E-state index is 11.4. The van der Waals surface area contributed by atoms with E-state index >= 15 is 0 Å². The number of imidazole rings is 1. The number of nitrogens with zero attached hydrogens (tertiary/aromatic N) is 2. The molecule has 1 aromatic rings. The van der Waals surface area contributed by atoms with Crippen molar-refractivity contribution in [3.05, 3.63) is 18.2 Å². The van der Waals surface area contributed by atoms with Crippen molar-refractivity contribution in [1.29, 1.82) is 0 Å². The first-order chi connectivity index (χ1) is 7.55. The van der Waals surface area contributed by atoms with Crippen LogP contribution in [0.15, 0.2) is 12.4 Å². The molecule has 1 rings (SSSR count). The molecule has 92 valence electrons. The summed E-state index contributed by atoms with van der Waals surface area (Å²) in [6.07, 6.45) is 4.58. The highest BCUT2D eigenvalue weighted by Gasteiger charge is 2.09. The van der Waals surface area contributed by atoms with Crippen molar-refractivity contribution in [3.8, 4) is 0 Å². The van der Waals surface area contributed by atoms with Gasteiger partial charge in [0.1, 0.15) is 5.82 Å². The van der Waals surface area contributed by atoms with Gasteiger partial charge in [-0.2, -0.15) is 0 Å². The summed E-state index contributed by atoms with van der Waals surface area (Å²) in [6.45, 7) is 0.371. The number of sulfonamides is 1. The molecule has 1 N–H and O–H groups in total. The van der Waals surface area contributed by atoms with Crippen LogP contribution in [0.25, 0.3) is 0 Å². The Bertz CT molecular complexity index is 416. The largest absolute Gasteiger partial charge is 0.338 e. The lowest BCUT2D eigenvalue weighted by Crippen LogP contribution is -2.29. The summed E-state index contributed by atoms with van der Waals surface area (Å²) < 4.78 is 27.2. The Kier molecular flexibility index (Phi) is 5.24. The molecule has 0 saturated carbocycles. The minimum atomic E-state index is -3.18. The van der Waals surface area contributed by atoms with Gasteiger partial charge >= 0.3 is 0 Å². The van der Waals surface area contributed by atoms with Crippen LogP contribution >= 0.6 is 11.6 Å². The van der Waals surface area contributed by atoms with Crippen molar-refractivity contribution < 1.29 is 8.42 Å². The number of rotatable bonds is 7. The first-order valence-corrected chi connectivity index (χ1v) is 7.23. The van der Waals surface area contributed by atoms with Crippen LogP contribution in [0.3, 0.4) is 0 Å². The second-order valence-electron chi connectivity index (χ2n) is 3.46. The predicted molar refractivity (Wildman–Crippen MR) is 64.0 cm³/mol. The van der Waals surface area contributed by atoms with Crippen LogP contribution in [-0.4, -0.2) is 36.1 Å². The third-order valence-electron chi connectivity index (χ3n) is 2.14. The lowest BCUT2D eigenvalue weighted by Gasteiger charge is -2.05. The summed E-state index contributed by atoms with van der Waals surface area (Å²) in [6, 6.07) is 0. The van der Waals surface area contributed by atoms with Gasteiger partial charge in [0.05, 0.1) is 5.75 Å². The van der Waals surface area contributed by atoms with Gasteiger partial charge in [-0.3, -0.25) is 0 Å². The first-order valence-electron chi connectivity index (χ1n) is 5.04. The molecule has 1 aromatic heterocycles. The second-order valence-corrected chi connectivity index (χ2v) is 5.76. The summed E-state index contributed by atoms with van der Waals surface area (Å²) in [5, 5.41) is 0. The van der Waals surface area contributed by atoms with Crippen molar-refractivity contribution in [2.75, 3.05) is 18.2 Å². The normalized spacial score (nSPS) is 11.9. The molecule has 1 heterocycles. The van der Waals surface area contributed by atoms with Crippen LogP contribution in [0.2, 0.25) is 0 Å². The molecule has 0 aromatic carbocycles. The summed E-state index contributed by atoms with van der Waals surface area (Å²) >= 11 is 5.44. The van der Waals surface area contributed by atoms with Gasteiger partial charge in [-0.15, -0.1) is 11.6 Å². The van der Waals surface area contributed by atoms with E-state index in [1.165, 1.54) is 0 Å². The maximum absolute atomic E-state index is 11.4. The lowest BCUT2D eigenvalue weighted by atomic mass is 10.4. The van der Waals surface area contributed by atoms with Crippen LogP contribution < -0.4 is 4.72 Å². The number of hydrogen-bond donors (Lipinski definition) is 1. The van der Waals surface area contributed by atoms with E-state index < -0.39 is 10.0 Å². The minimum Gasteiger partial charge on any atom is -0.338 e. The Morgan fingerprint density at radius 1 is 1.56 bits per heavy atom. The molecule has 0 spiro atoms. The van der Waals surface area contributed by atoms with E-state index in [0.29, 0.717) is 25.3 Å². The minimum absolute atomic E-state index is 0.0804. The fourth-order valence-electron chi connectivity index (χ4n) is 1.27. The van der Waals surface area contributed by atoms with Crippen molar-refractivity contribution in [3.63, 3.8) is 0 Å². The van der Waals surface area contributed by atoms with E-state index in [4.69, 9.17) is 11.6 Å². The molecule has 16 heavy (non-hydrogen) atoms. The van der Waals surface area contributed by atoms with E-state index in [9.17, 15) is 8.42 Å². The number of aryl methyl sites for hydroxylation is 1. The fourth-order valence-corrected chi connectivity index (χ4v) is 2.65. The highest BCUT2D eigenvalue weighted by atomic mass is 35.5. The summed E-state index contributed by atoms with van der Waals surface area (Å²) in [5.74, 6) is 1.30. The summed E-state index contributed by atoms with van der Waals surface area (Å²) in [5.41, 5.74) is 0. The third kappa shape index (κ3) is 4.51. The molecule has 0 fully saturated rings. The topological polar surface area (TPSA) is 64.0 Å². The summed E-state index contributed by atoms with van der Waals surface area (Å²) in [7, 11) is -1.30. The Hall–Kier alpha value is -0.590. The summed E-state index contributed by atoms with van der Waals surface area (Å²) in [4.78, 5) is 4.10. The van der Waals surface area contributed by atoms with Crippen molar-refractivity contribution in [2.24, 2.45) is 7.05 Å².